The fourth-order valence-electron chi connectivity index (χ4n) is 3.84. The van der Waals surface area contributed by atoms with E-state index >= 15 is 0 Å². The number of ether oxygens (including phenoxy) is 3. The fraction of sp³-hybridized carbons (Fsp3) is 0.240. The van der Waals surface area contributed by atoms with E-state index in [0.717, 1.165) is 0 Å². The Morgan fingerprint density at radius 1 is 1.18 bits per heavy atom. The fourth-order valence-corrected chi connectivity index (χ4v) is 4.89. The predicted molar refractivity (Wildman–Crippen MR) is 126 cm³/mol. The summed E-state index contributed by atoms with van der Waals surface area (Å²) in [5.74, 6) is 0.107. The molecule has 4 rings (SSSR count). The van der Waals surface area contributed by atoms with Gasteiger partial charge in [-0.05, 0) is 49.8 Å². The Morgan fingerprint density at radius 2 is 1.91 bits per heavy atom. The van der Waals surface area contributed by atoms with Gasteiger partial charge < -0.3 is 14.2 Å². The molecule has 7 nitrogen and oxygen atoms in total. The zero-order chi connectivity index (χ0) is 24.4. The monoisotopic (exact) mass is 482 g/mol. The maximum Gasteiger partial charge on any atom is 0.338 e. The molecule has 1 aliphatic heterocycles. The first-order valence-corrected chi connectivity index (χ1v) is 11.4. The highest BCUT2D eigenvalue weighted by Crippen LogP contribution is 2.37. The molecule has 0 amide bonds. The Bertz CT molecular complexity index is 1450. The lowest BCUT2D eigenvalue weighted by molar-refractivity contribution is -0.139. The Labute approximate surface area is 199 Å². The van der Waals surface area contributed by atoms with E-state index in [9.17, 15) is 14.0 Å². The van der Waals surface area contributed by atoms with Crippen LogP contribution in [-0.4, -0.2) is 31.4 Å². The van der Waals surface area contributed by atoms with Crippen molar-refractivity contribution < 1.29 is 23.4 Å². The zero-order valence-corrected chi connectivity index (χ0v) is 19.9. The smallest absolute Gasteiger partial charge is 0.338 e. The van der Waals surface area contributed by atoms with Crippen LogP contribution in [-0.2, 0) is 9.53 Å². The van der Waals surface area contributed by atoms with Crippen molar-refractivity contribution in [2.45, 2.75) is 19.9 Å². The number of benzene rings is 2. The van der Waals surface area contributed by atoms with Crippen molar-refractivity contribution in [3.63, 3.8) is 0 Å². The van der Waals surface area contributed by atoms with Crippen LogP contribution in [0.2, 0.25) is 0 Å². The van der Waals surface area contributed by atoms with Gasteiger partial charge in [0.2, 0.25) is 0 Å². The van der Waals surface area contributed by atoms with E-state index in [1.165, 1.54) is 35.1 Å². The van der Waals surface area contributed by atoms with Crippen LogP contribution in [0.4, 0.5) is 4.39 Å². The second-order valence-corrected chi connectivity index (χ2v) is 8.47. The number of esters is 1. The molecule has 0 spiro atoms. The summed E-state index contributed by atoms with van der Waals surface area (Å²) >= 11 is 1.19. The van der Waals surface area contributed by atoms with Gasteiger partial charge in [-0.3, -0.25) is 9.36 Å². The van der Waals surface area contributed by atoms with Crippen molar-refractivity contribution in [2.24, 2.45) is 4.99 Å². The Morgan fingerprint density at radius 3 is 2.56 bits per heavy atom. The molecular formula is C25H23FN2O5S. The lowest BCUT2D eigenvalue weighted by Crippen LogP contribution is -2.40. The summed E-state index contributed by atoms with van der Waals surface area (Å²) in [6, 6.07) is 10.2. The van der Waals surface area contributed by atoms with Crippen LogP contribution < -0.4 is 24.4 Å². The SMILES string of the molecule is CCOC(=O)C1=C(C)N=c2sc(=Cc3ccc(F)cc3)c(=O)n2[C@@H]1c1ccc(OC)cc1OC. The van der Waals surface area contributed by atoms with Crippen molar-refractivity contribution in [3.05, 3.63) is 90.4 Å². The highest BCUT2D eigenvalue weighted by molar-refractivity contribution is 7.07. The number of carbonyl (C=O) groups excluding carboxylic acids is 1. The van der Waals surface area contributed by atoms with E-state index in [4.69, 9.17) is 14.2 Å². The number of aromatic nitrogens is 1. The Kier molecular flexibility index (Phi) is 6.65. The third-order valence-electron chi connectivity index (χ3n) is 5.42. The molecule has 176 valence electrons. The van der Waals surface area contributed by atoms with Crippen molar-refractivity contribution in [1.29, 1.82) is 0 Å². The van der Waals surface area contributed by atoms with E-state index in [0.29, 0.717) is 37.7 Å². The molecule has 2 heterocycles. The molecule has 0 fully saturated rings. The number of allylic oxidation sites excluding steroid dienone is 1. The maximum atomic E-state index is 13.6. The Balaban J connectivity index is 1.99. The second-order valence-electron chi connectivity index (χ2n) is 7.46. The Hall–Kier alpha value is -3.72. The quantitative estimate of drug-likeness (QED) is 0.505. The average molecular weight is 483 g/mol. The van der Waals surface area contributed by atoms with Crippen LogP contribution in [0.5, 0.6) is 11.5 Å². The topological polar surface area (TPSA) is 79.1 Å². The first kappa shape index (κ1) is 23.4. The van der Waals surface area contributed by atoms with Gasteiger partial charge in [-0.25, -0.2) is 14.2 Å². The summed E-state index contributed by atoms with van der Waals surface area (Å²) in [5, 5.41) is 0. The standard InChI is InChI=1S/C25H23FN2O5S/c1-5-33-24(30)21-14(2)27-25-28(22(21)18-11-10-17(31-3)13-19(18)32-4)23(29)20(34-25)12-15-6-8-16(26)9-7-15/h6-13,22H,5H2,1-4H3/t22-/m1/s1. The van der Waals surface area contributed by atoms with Crippen LogP contribution >= 0.6 is 11.3 Å². The third-order valence-corrected chi connectivity index (χ3v) is 6.40. The summed E-state index contributed by atoms with van der Waals surface area (Å²) in [6.07, 6.45) is 1.68. The van der Waals surface area contributed by atoms with Gasteiger partial charge in [-0.1, -0.05) is 23.5 Å². The van der Waals surface area contributed by atoms with Crippen LogP contribution in [0.1, 0.15) is 31.0 Å². The number of hydrogen-bond donors (Lipinski definition) is 0. The van der Waals surface area contributed by atoms with E-state index in [-0.39, 0.29) is 23.6 Å². The average Bonchev–Trinajstić information content (AvgIpc) is 3.13. The minimum absolute atomic E-state index is 0.178. The molecule has 0 bridgehead atoms. The minimum Gasteiger partial charge on any atom is -0.497 e. The first-order chi connectivity index (χ1) is 16.4. The number of rotatable bonds is 6. The molecule has 0 aliphatic carbocycles. The van der Waals surface area contributed by atoms with E-state index in [1.807, 2.05) is 0 Å². The van der Waals surface area contributed by atoms with E-state index in [2.05, 4.69) is 4.99 Å². The molecule has 0 saturated heterocycles. The molecular weight excluding hydrogens is 459 g/mol. The molecule has 1 aromatic heterocycles. The third kappa shape index (κ3) is 4.26. The van der Waals surface area contributed by atoms with Crippen molar-refractivity contribution in [3.8, 4) is 11.5 Å². The van der Waals surface area contributed by atoms with Crippen molar-refractivity contribution >= 4 is 23.4 Å². The molecule has 2 aromatic carbocycles. The van der Waals surface area contributed by atoms with E-state index < -0.39 is 12.0 Å². The molecule has 3 aromatic rings. The molecule has 34 heavy (non-hydrogen) atoms. The van der Waals surface area contributed by atoms with Gasteiger partial charge in [0.25, 0.3) is 5.56 Å². The molecule has 0 unspecified atom stereocenters. The number of hydrogen-bond acceptors (Lipinski definition) is 7. The maximum absolute atomic E-state index is 13.6. The van der Waals surface area contributed by atoms with Crippen LogP contribution in [0.15, 0.2) is 63.5 Å². The molecule has 1 atom stereocenters. The van der Waals surface area contributed by atoms with Gasteiger partial charge in [0.15, 0.2) is 4.80 Å². The summed E-state index contributed by atoms with van der Waals surface area (Å²) in [5.41, 5.74) is 1.65. The van der Waals surface area contributed by atoms with Crippen LogP contribution in [0.25, 0.3) is 6.08 Å². The molecule has 0 radical (unpaired) electrons. The van der Waals surface area contributed by atoms with Crippen LogP contribution in [0, 0.1) is 5.82 Å². The number of nitrogens with zero attached hydrogens (tertiary/aromatic N) is 2. The van der Waals surface area contributed by atoms with Gasteiger partial charge >= 0.3 is 5.97 Å². The van der Waals surface area contributed by atoms with Crippen molar-refractivity contribution in [2.75, 3.05) is 20.8 Å². The normalized spacial score (nSPS) is 15.6. The van der Waals surface area contributed by atoms with Gasteiger partial charge in [0.05, 0.1) is 36.6 Å². The van der Waals surface area contributed by atoms with Gasteiger partial charge in [-0.2, -0.15) is 0 Å². The molecule has 0 saturated carbocycles. The lowest BCUT2D eigenvalue weighted by Gasteiger charge is -2.26. The second kappa shape index (κ2) is 9.64. The highest BCUT2D eigenvalue weighted by Gasteiger charge is 2.35. The zero-order valence-electron chi connectivity index (χ0n) is 19.1. The first-order valence-electron chi connectivity index (χ1n) is 10.5. The van der Waals surface area contributed by atoms with Crippen molar-refractivity contribution in [1.82, 2.24) is 4.57 Å². The number of halogens is 1. The summed E-state index contributed by atoms with van der Waals surface area (Å²) < 4.78 is 31.4. The number of methoxy groups -OCH3 is 2. The lowest BCUT2D eigenvalue weighted by atomic mass is 9.95. The molecule has 9 heteroatoms. The van der Waals surface area contributed by atoms with Gasteiger partial charge in [0.1, 0.15) is 23.4 Å². The number of fused-ring (bicyclic) bond motifs is 1. The summed E-state index contributed by atoms with van der Waals surface area (Å²) in [7, 11) is 3.05. The summed E-state index contributed by atoms with van der Waals surface area (Å²) in [4.78, 5) is 31.6. The van der Waals surface area contributed by atoms with Gasteiger partial charge in [-0.15, -0.1) is 0 Å². The molecule has 1 aliphatic rings. The minimum atomic E-state index is -0.813. The van der Waals surface area contributed by atoms with E-state index in [1.54, 1.807) is 57.4 Å². The van der Waals surface area contributed by atoms with Crippen LogP contribution in [0.3, 0.4) is 0 Å². The molecule has 0 N–H and O–H groups in total. The predicted octanol–water partition coefficient (Wildman–Crippen LogP) is 2.95. The highest BCUT2D eigenvalue weighted by atomic mass is 32.1. The largest absolute Gasteiger partial charge is 0.497 e. The summed E-state index contributed by atoms with van der Waals surface area (Å²) in [6.45, 7) is 3.61. The number of carbonyl (C=O) groups is 1. The number of thiazole rings is 1. The van der Waals surface area contributed by atoms with Gasteiger partial charge in [0, 0.05) is 11.6 Å².